The van der Waals surface area contributed by atoms with E-state index >= 15 is 0 Å². The van der Waals surface area contributed by atoms with Gasteiger partial charge in [-0.2, -0.15) is 4.31 Å². The molecule has 1 aromatic carbocycles. The molecule has 0 aliphatic carbocycles. The number of nitrogens with zero attached hydrogens (tertiary/aromatic N) is 1. The Balaban J connectivity index is 3.24. The van der Waals surface area contributed by atoms with Crippen molar-refractivity contribution >= 4 is 16.0 Å². The van der Waals surface area contributed by atoms with Crippen LogP contribution in [0.25, 0.3) is 0 Å². The standard InChI is InChI=1S/C11H15NO4S/c1-3-12(4-2)17(15,16)10-7-5-6-9(8-10)11(13)14/h5-8H,3-4H2,1-2H3,(H,13,14)/p-1. The van der Waals surface area contributed by atoms with Crippen LogP contribution in [0.2, 0.25) is 0 Å². The summed E-state index contributed by atoms with van der Waals surface area (Å²) in [6.45, 7) is 4.13. The van der Waals surface area contributed by atoms with Crippen LogP contribution in [0.1, 0.15) is 24.2 Å². The summed E-state index contributed by atoms with van der Waals surface area (Å²) in [5.41, 5.74) is -0.141. The fourth-order valence-corrected chi connectivity index (χ4v) is 3.00. The molecular weight excluding hydrogens is 242 g/mol. The minimum absolute atomic E-state index is 0.0251. The second kappa shape index (κ2) is 5.29. The van der Waals surface area contributed by atoms with Crippen molar-refractivity contribution < 1.29 is 18.3 Å². The van der Waals surface area contributed by atoms with Crippen LogP contribution in [0.4, 0.5) is 0 Å². The molecule has 0 aromatic heterocycles. The molecule has 0 amide bonds. The Bertz CT molecular complexity index is 506. The maximum atomic E-state index is 12.1. The lowest BCUT2D eigenvalue weighted by Gasteiger charge is -2.18. The van der Waals surface area contributed by atoms with Gasteiger partial charge in [0.25, 0.3) is 0 Å². The zero-order chi connectivity index (χ0) is 13.1. The second-order valence-corrected chi connectivity index (χ2v) is 5.34. The molecule has 0 heterocycles. The molecule has 1 aromatic rings. The first-order valence-corrected chi connectivity index (χ1v) is 6.69. The quantitative estimate of drug-likeness (QED) is 0.747. The van der Waals surface area contributed by atoms with E-state index in [0.717, 1.165) is 6.07 Å². The maximum Gasteiger partial charge on any atom is 0.243 e. The van der Waals surface area contributed by atoms with Crippen molar-refractivity contribution in [3.05, 3.63) is 29.8 Å². The molecule has 94 valence electrons. The molecule has 0 N–H and O–H groups in total. The normalized spacial score (nSPS) is 11.7. The predicted octanol–water partition coefficient (Wildman–Crippen LogP) is 0.0806. The van der Waals surface area contributed by atoms with Crippen LogP contribution in [0.5, 0.6) is 0 Å². The van der Waals surface area contributed by atoms with Crippen molar-refractivity contribution in [3.63, 3.8) is 0 Å². The van der Waals surface area contributed by atoms with Crippen LogP contribution < -0.4 is 5.11 Å². The lowest BCUT2D eigenvalue weighted by molar-refractivity contribution is -0.255. The third kappa shape index (κ3) is 2.83. The molecule has 0 spiro atoms. The van der Waals surface area contributed by atoms with Crippen LogP contribution in [-0.4, -0.2) is 31.8 Å². The zero-order valence-corrected chi connectivity index (χ0v) is 10.5. The van der Waals surface area contributed by atoms with Gasteiger partial charge in [0.15, 0.2) is 0 Å². The van der Waals surface area contributed by atoms with Gasteiger partial charge in [-0.25, -0.2) is 8.42 Å². The van der Waals surface area contributed by atoms with Crippen molar-refractivity contribution in [3.8, 4) is 0 Å². The minimum atomic E-state index is -3.62. The average molecular weight is 256 g/mol. The second-order valence-electron chi connectivity index (χ2n) is 3.40. The first kappa shape index (κ1) is 13.7. The Morgan fingerprint density at radius 1 is 1.29 bits per heavy atom. The molecule has 17 heavy (non-hydrogen) atoms. The van der Waals surface area contributed by atoms with E-state index in [1.165, 1.54) is 22.5 Å². The summed E-state index contributed by atoms with van der Waals surface area (Å²) in [5.74, 6) is -1.39. The number of carbonyl (C=O) groups is 1. The number of rotatable bonds is 5. The molecule has 0 saturated carbocycles. The van der Waals surface area contributed by atoms with Gasteiger partial charge < -0.3 is 9.90 Å². The first-order chi connectivity index (χ1) is 7.93. The van der Waals surface area contributed by atoms with Crippen LogP contribution in [0.15, 0.2) is 29.2 Å². The summed E-state index contributed by atoms with van der Waals surface area (Å²) < 4.78 is 25.4. The van der Waals surface area contributed by atoms with E-state index in [2.05, 4.69) is 0 Å². The molecule has 0 bridgehead atoms. The Hall–Kier alpha value is -1.40. The Morgan fingerprint density at radius 2 is 1.88 bits per heavy atom. The maximum absolute atomic E-state index is 12.1. The van der Waals surface area contributed by atoms with Crippen LogP contribution in [0.3, 0.4) is 0 Å². The van der Waals surface area contributed by atoms with Crippen molar-refractivity contribution in [1.82, 2.24) is 4.31 Å². The van der Waals surface area contributed by atoms with Crippen molar-refractivity contribution in [2.75, 3.05) is 13.1 Å². The molecule has 0 atom stereocenters. The van der Waals surface area contributed by atoms with Gasteiger partial charge in [0.1, 0.15) is 0 Å². The van der Waals surface area contributed by atoms with Crippen LogP contribution in [-0.2, 0) is 10.0 Å². The van der Waals surface area contributed by atoms with E-state index in [1.54, 1.807) is 13.8 Å². The van der Waals surface area contributed by atoms with Crippen molar-refractivity contribution in [2.45, 2.75) is 18.7 Å². The van der Waals surface area contributed by atoms with E-state index < -0.39 is 16.0 Å². The number of carboxylic acids is 1. The molecule has 0 aliphatic rings. The molecule has 0 fully saturated rings. The van der Waals surface area contributed by atoms with Gasteiger partial charge in [-0.3, -0.25) is 0 Å². The zero-order valence-electron chi connectivity index (χ0n) is 9.71. The summed E-state index contributed by atoms with van der Waals surface area (Å²) in [6, 6.07) is 5.18. The average Bonchev–Trinajstić information content (AvgIpc) is 2.30. The molecule has 0 aliphatic heterocycles. The van der Waals surface area contributed by atoms with E-state index in [0.29, 0.717) is 13.1 Å². The third-order valence-corrected chi connectivity index (χ3v) is 4.46. The highest BCUT2D eigenvalue weighted by molar-refractivity contribution is 7.89. The number of carboxylic acid groups (broad SMARTS) is 1. The number of carbonyl (C=O) groups excluding carboxylic acids is 1. The minimum Gasteiger partial charge on any atom is -0.545 e. The van der Waals surface area contributed by atoms with E-state index in [-0.39, 0.29) is 10.5 Å². The molecular formula is C11H14NO4S-. The lowest BCUT2D eigenvalue weighted by Crippen LogP contribution is -2.31. The van der Waals surface area contributed by atoms with E-state index in [1.807, 2.05) is 0 Å². The topological polar surface area (TPSA) is 77.5 Å². The SMILES string of the molecule is CCN(CC)S(=O)(=O)c1cccc(C(=O)[O-])c1. The van der Waals surface area contributed by atoms with Crippen LogP contribution >= 0.6 is 0 Å². The van der Waals surface area contributed by atoms with Gasteiger partial charge in [0.2, 0.25) is 10.0 Å². The summed E-state index contributed by atoms with van der Waals surface area (Å²) in [5, 5.41) is 10.7. The Labute approximate surface area is 101 Å². The lowest BCUT2D eigenvalue weighted by atomic mass is 10.2. The van der Waals surface area contributed by atoms with Gasteiger partial charge in [-0.05, 0) is 17.7 Å². The van der Waals surface area contributed by atoms with Crippen LogP contribution in [0, 0.1) is 0 Å². The van der Waals surface area contributed by atoms with Crippen molar-refractivity contribution in [1.29, 1.82) is 0 Å². The van der Waals surface area contributed by atoms with Crippen molar-refractivity contribution in [2.24, 2.45) is 0 Å². The smallest absolute Gasteiger partial charge is 0.243 e. The largest absolute Gasteiger partial charge is 0.545 e. The first-order valence-electron chi connectivity index (χ1n) is 5.25. The van der Waals surface area contributed by atoms with E-state index in [4.69, 9.17) is 0 Å². The van der Waals surface area contributed by atoms with E-state index in [9.17, 15) is 18.3 Å². The number of hydrogen-bond donors (Lipinski definition) is 0. The molecule has 1 rings (SSSR count). The summed E-state index contributed by atoms with van der Waals surface area (Å²) in [4.78, 5) is 10.6. The molecule has 0 radical (unpaired) electrons. The highest BCUT2D eigenvalue weighted by atomic mass is 32.2. The number of sulfonamides is 1. The number of benzene rings is 1. The summed E-state index contributed by atoms with van der Waals surface area (Å²) in [6.07, 6.45) is 0. The van der Waals surface area contributed by atoms with Gasteiger partial charge in [-0.1, -0.05) is 26.0 Å². The van der Waals surface area contributed by atoms with Gasteiger partial charge >= 0.3 is 0 Å². The molecule has 0 unspecified atom stereocenters. The van der Waals surface area contributed by atoms with Gasteiger partial charge in [0.05, 0.1) is 10.9 Å². The number of aromatic carboxylic acids is 1. The Kier molecular flexibility index (Phi) is 4.25. The molecule has 6 heteroatoms. The summed E-state index contributed by atoms with van der Waals surface area (Å²) in [7, 11) is -3.62. The van der Waals surface area contributed by atoms with Gasteiger partial charge in [-0.15, -0.1) is 0 Å². The van der Waals surface area contributed by atoms with Gasteiger partial charge in [0, 0.05) is 13.1 Å². The third-order valence-electron chi connectivity index (χ3n) is 2.41. The monoisotopic (exact) mass is 256 g/mol. The summed E-state index contributed by atoms with van der Waals surface area (Å²) >= 11 is 0. The molecule has 5 nitrogen and oxygen atoms in total. The fraction of sp³-hybridized carbons (Fsp3) is 0.364. The highest BCUT2D eigenvalue weighted by Gasteiger charge is 2.21. The number of hydrogen-bond acceptors (Lipinski definition) is 4. The predicted molar refractivity (Wildman–Crippen MR) is 60.9 cm³/mol. The molecule has 0 saturated heterocycles. The fourth-order valence-electron chi connectivity index (χ4n) is 1.50. The Morgan fingerprint density at radius 3 is 2.35 bits per heavy atom. The highest BCUT2D eigenvalue weighted by Crippen LogP contribution is 2.16.